The zero-order valence-corrected chi connectivity index (χ0v) is 11.9. The normalized spacial score (nSPS) is 14.9. The van der Waals surface area contributed by atoms with Gasteiger partial charge in [0, 0.05) is 11.6 Å². The molecule has 3 rings (SSSR count). The second-order valence-electron chi connectivity index (χ2n) is 4.58. The van der Waals surface area contributed by atoms with Crippen molar-refractivity contribution in [3.05, 3.63) is 40.9 Å². The molecule has 1 aromatic carbocycles. The van der Waals surface area contributed by atoms with Crippen LogP contribution in [0.4, 0.5) is 5.13 Å². The van der Waals surface area contributed by atoms with Crippen LogP contribution in [0.2, 0.25) is 0 Å². The number of fused-ring (bicyclic) bond motifs is 1. The number of benzene rings is 1. The summed E-state index contributed by atoms with van der Waals surface area (Å²) < 4.78 is 27.0. The number of thiazole rings is 1. The number of hydrogen-bond donors (Lipinski definition) is 1. The fourth-order valence-corrected chi connectivity index (χ4v) is 4.16. The molecule has 0 bridgehead atoms. The monoisotopic (exact) mass is 294 g/mol. The minimum atomic E-state index is -3.52. The van der Waals surface area contributed by atoms with E-state index < -0.39 is 10.0 Å². The maximum absolute atomic E-state index is 12.2. The highest BCUT2D eigenvalue weighted by Crippen LogP contribution is 2.25. The molecule has 4 nitrogen and oxygen atoms in total. The molecule has 0 amide bonds. The Labute approximate surface area is 116 Å². The number of anilines is 1. The highest BCUT2D eigenvalue weighted by molar-refractivity contribution is 7.93. The highest BCUT2D eigenvalue weighted by atomic mass is 32.2. The first-order valence-electron chi connectivity index (χ1n) is 6.19. The van der Waals surface area contributed by atoms with Crippen molar-refractivity contribution in [3.63, 3.8) is 0 Å². The molecular formula is C13H14N2O2S2. The molecule has 6 heteroatoms. The van der Waals surface area contributed by atoms with Crippen LogP contribution in [0.5, 0.6) is 0 Å². The molecule has 1 N–H and O–H groups in total. The van der Waals surface area contributed by atoms with E-state index >= 15 is 0 Å². The van der Waals surface area contributed by atoms with Crippen LogP contribution in [0.25, 0.3) is 0 Å². The smallest absolute Gasteiger partial charge is 0.255 e. The van der Waals surface area contributed by atoms with E-state index in [0.717, 1.165) is 24.8 Å². The average Bonchev–Trinajstić information content (AvgIpc) is 2.90. The first-order valence-corrected chi connectivity index (χ1v) is 8.55. The summed E-state index contributed by atoms with van der Waals surface area (Å²) in [4.78, 5) is 4.27. The molecule has 1 aromatic heterocycles. The Morgan fingerprint density at radius 3 is 2.68 bits per heavy atom. The number of nitrogens with one attached hydrogen (secondary N) is 1. The van der Waals surface area contributed by atoms with Crippen molar-refractivity contribution in [2.24, 2.45) is 0 Å². The average molecular weight is 294 g/mol. The molecule has 0 aliphatic heterocycles. The maximum atomic E-state index is 12.2. The van der Waals surface area contributed by atoms with Crippen molar-refractivity contribution in [3.8, 4) is 0 Å². The highest BCUT2D eigenvalue weighted by Gasteiger charge is 2.18. The van der Waals surface area contributed by atoms with E-state index in [0.29, 0.717) is 10.0 Å². The Hall–Kier alpha value is -1.40. The molecule has 0 saturated carbocycles. The van der Waals surface area contributed by atoms with Crippen molar-refractivity contribution in [2.45, 2.75) is 30.6 Å². The van der Waals surface area contributed by atoms with Crippen LogP contribution in [-0.4, -0.2) is 13.4 Å². The van der Waals surface area contributed by atoms with Crippen LogP contribution >= 0.6 is 11.3 Å². The molecule has 0 spiro atoms. The molecular weight excluding hydrogens is 280 g/mol. The Bertz CT molecular complexity index is 679. The molecule has 1 aliphatic rings. The van der Waals surface area contributed by atoms with Gasteiger partial charge in [-0.25, -0.2) is 13.4 Å². The van der Waals surface area contributed by atoms with Gasteiger partial charge < -0.3 is 0 Å². The SMILES string of the molecule is O=S(=O)(Nc1nccs1)c1ccc2c(c1)CCCC2. The van der Waals surface area contributed by atoms with E-state index in [1.165, 1.54) is 23.3 Å². The van der Waals surface area contributed by atoms with Crippen LogP contribution < -0.4 is 4.72 Å². The van der Waals surface area contributed by atoms with Crippen LogP contribution in [0.1, 0.15) is 24.0 Å². The van der Waals surface area contributed by atoms with Gasteiger partial charge >= 0.3 is 0 Å². The van der Waals surface area contributed by atoms with Crippen LogP contribution in [0.3, 0.4) is 0 Å². The lowest BCUT2D eigenvalue weighted by Gasteiger charge is -2.16. The number of sulfonamides is 1. The van der Waals surface area contributed by atoms with Gasteiger partial charge in [-0.1, -0.05) is 6.07 Å². The summed E-state index contributed by atoms with van der Waals surface area (Å²) >= 11 is 1.27. The Morgan fingerprint density at radius 1 is 1.16 bits per heavy atom. The topological polar surface area (TPSA) is 59.1 Å². The third-order valence-electron chi connectivity index (χ3n) is 3.28. The summed E-state index contributed by atoms with van der Waals surface area (Å²) in [5.74, 6) is 0. The van der Waals surface area contributed by atoms with Gasteiger partial charge in [-0.15, -0.1) is 11.3 Å². The van der Waals surface area contributed by atoms with Crippen LogP contribution in [-0.2, 0) is 22.9 Å². The number of rotatable bonds is 3. The van der Waals surface area contributed by atoms with E-state index in [4.69, 9.17) is 0 Å². The van der Waals surface area contributed by atoms with E-state index in [1.54, 1.807) is 23.7 Å². The molecule has 100 valence electrons. The van der Waals surface area contributed by atoms with Crippen molar-refractivity contribution in [2.75, 3.05) is 4.72 Å². The van der Waals surface area contributed by atoms with Crippen LogP contribution in [0, 0.1) is 0 Å². The number of aryl methyl sites for hydroxylation is 2. The Kier molecular flexibility index (Phi) is 3.28. The third kappa shape index (κ3) is 2.64. The summed E-state index contributed by atoms with van der Waals surface area (Å²) in [6.45, 7) is 0. The summed E-state index contributed by atoms with van der Waals surface area (Å²) in [6.07, 6.45) is 5.92. The van der Waals surface area contributed by atoms with Crippen molar-refractivity contribution < 1.29 is 8.42 Å². The van der Waals surface area contributed by atoms with Gasteiger partial charge in [-0.2, -0.15) is 0 Å². The fraction of sp³-hybridized carbons (Fsp3) is 0.308. The van der Waals surface area contributed by atoms with Gasteiger partial charge in [-0.05, 0) is 48.9 Å². The predicted octanol–water partition coefficient (Wildman–Crippen LogP) is 2.82. The van der Waals surface area contributed by atoms with Gasteiger partial charge in [0.1, 0.15) is 0 Å². The molecule has 0 radical (unpaired) electrons. The standard InChI is InChI=1S/C13H14N2O2S2/c16-19(17,15-13-14-7-8-18-13)12-6-5-10-3-1-2-4-11(10)9-12/h5-9H,1-4H2,(H,14,15). The number of aromatic nitrogens is 1. The Morgan fingerprint density at radius 2 is 1.95 bits per heavy atom. The predicted molar refractivity (Wildman–Crippen MR) is 76.0 cm³/mol. The van der Waals surface area contributed by atoms with Crippen molar-refractivity contribution in [1.82, 2.24) is 4.98 Å². The van der Waals surface area contributed by atoms with E-state index in [2.05, 4.69) is 9.71 Å². The summed E-state index contributed by atoms with van der Waals surface area (Å²) in [7, 11) is -3.52. The minimum absolute atomic E-state index is 0.323. The summed E-state index contributed by atoms with van der Waals surface area (Å²) in [5, 5.41) is 2.14. The molecule has 0 saturated heterocycles. The van der Waals surface area contributed by atoms with Gasteiger partial charge in [0.05, 0.1) is 4.90 Å². The molecule has 0 unspecified atom stereocenters. The lowest BCUT2D eigenvalue weighted by Crippen LogP contribution is -2.14. The van der Waals surface area contributed by atoms with E-state index in [9.17, 15) is 8.42 Å². The van der Waals surface area contributed by atoms with Crippen molar-refractivity contribution >= 4 is 26.5 Å². The van der Waals surface area contributed by atoms with Gasteiger partial charge in [-0.3, -0.25) is 4.72 Å². The minimum Gasteiger partial charge on any atom is -0.255 e. The molecule has 0 atom stereocenters. The lowest BCUT2D eigenvalue weighted by molar-refractivity contribution is 0.600. The summed E-state index contributed by atoms with van der Waals surface area (Å²) in [6, 6.07) is 5.41. The zero-order chi connectivity index (χ0) is 13.3. The molecule has 19 heavy (non-hydrogen) atoms. The lowest BCUT2D eigenvalue weighted by atomic mass is 9.92. The van der Waals surface area contributed by atoms with Crippen molar-refractivity contribution in [1.29, 1.82) is 0 Å². The second kappa shape index (κ2) is 4.94. The summed E-state index contributed by atoms with van der Waals surface area (Å²) in [5.41, 5.74) is 2.44. The maximum Gasteiger partial charge on any atom is 0.263 e. The number of nitrogens with zero attached hydrogens (tertiary/aromatic N) is 1. The first kappa shape index (κ1) is 12.6. The number of hydrogen-bond acceptors (Lipinski definition) is 4. The first-order chi connectivity index (χ1) is 9.15. The third-order valence-corrected chi connectivity index (χ3v) is 5.44. The Balaban J connectivity index is 1.93. The van der Waals surface area contributed by atoms with Gasteiger partial charge in [0.25, 0.3) is 10.0 Å². The second-order valence-corrected chi connectivity index (χ2v) is 7.16. The zero-order valence-electron chi connectivity index (χ0n) is 10.3. The van der Waals surface area contributed by atoms with Crippen LogP contribution in [0.15, 0.2) is 34.7 Å². The molecule has 1 aliphatic carbocycles. The fourth-order valence-electron chi connectivity index (χ4n) is 2.32. The van der Waals surface area contributed by atoms with E-state index in [1.807, 2.05) is 6.07 Å². The largest absolute Gasteiger partial charge is 0.263 e. The molecule has 1 heterocycles. The van der Waals surface area contributed by atoms with E-state index in [-0.39, 0.29) is 0 Å². The van der Waals surface area contributed by atoms with Gasteiger partial charge in [0.2, 0.25) is 0 Å². The van der Waals surface area contributed by atoms with Gasteiger partial charge in [0.15, 0.2) is 5.13 Å². The molecule has 0 fully saturated rings. The quantitative estimate of drug-likeness (QED) is 0.947. The molecule has 2 aromatic rings.